The van der Waals surface area contributed by atoms with Crippen molar-refractivity contribution >= 4 is 17.6 Å². The molecule has 1 atom stereocenters. The second-order valence-corrected chi connectivity index (χ2v) is 5.63. The third-order valence-corrected chi connectivity index (χ3v) is 4.12. The molecule has 6 nitrogen and oxygen atoms in total. The lowest BCUT2D eigenvalue weighted by Gasteiger charge is -2.38. The second kappa shape index (κ2) is 7.26. The summed E-state index contributed by atoms with van der Waals surface area (Å²) in [7, 11) is 1.66. The van der Waals surface area contributed by atoms with Gasteiger partial charge in [-0.1, -0.05) is 18.2 Å². The van der Waals surface area contributed by atoms with E-state index in [2.05, 4.69) is 17.0 Å². The molecule has 0 aliphatic carbocycles. The van der Waals surface area contributed by atoms with Crippen molar-refractivity contribution in [3.63, 3.8) is 0 Å². The first kappa shape index (κ1) is 16.3. The average Bonchev–Trinajstić information content (AvgIpc) is 2.54. The largest absolute Gasteiger partial charge is 0.480 e. The number of nitrogens with zero attached hydrogens (tertiary/aromatic N) is 3. The Morgan fingerprint density at radius 1 is 1.18 bits per heavy atom. The zero-order valence-corrected chi connectivity index (χ0v) is 13.1. The SMILES string of the molecule is CC(C(=O)N1CCN(c2ccccc2)CC1)N(C)CC(=O)O. The van der Waals surface area contributed by atoms with Gasteiger partial charge in [-0.25, -0.2) is 0 Å². The Morgan fingerprint density at radius 3 is 2.32 bits per heavy atom. The molecule has 1 amide bonds. The van der Waals surface area contributed by atoms with Crippen molar-refractivity contribution in [1.82, 2.24) is 9.80 Å². The summed E-state index contributed by atoms with van der Waals surface area (Å²) in [6.45, 7) is 4.56. The number of carboxylic acid groups (broad SMARTS) is 1. The van der Waals surface area contributed by atoms with Crippen LogP contribution < -0.4 is 4.90 Å². The number of hydrogen-bond donors (Lipinski definition) is 1. The predicted octanol–water partition coefficient (Wildman–Crippen LogP) is 0.740. The molecule has 0 aromatic heterocycles. The Bertz CT molecular complexity index is 513. The molecule has 0 spiro atoms. The molecule has 1 saturated heterocycles. The van der Waals surface area contributed by atoms with Gasteiger partial charge in [0.25, 0.3) is 0 Å². The van der Waals surface area contributed by atoms with Gasteiger partial charge in [0.05, 0.1) is 12.6 Å². The zero-order chi connectivity index (χ0) is 16.1. The topological polar surface area (TPSA) is 64.1 Å². The summed E-state index contributed by atoms with van der Waals surface area (Å²) in [5.74, 6) is -0.924. The molecule has 6 heteroatoms. The van der Waals surface area contributed by atoms with Gasteiger partial charge in [-0.15, -0.1) is 0 Å². The Hall–Kier alpha value is -2.08. The van der Waals surface area contributed by atoms with Crippen LogP contribution in [0, 0.1) is 0 Å². The van der Waals surface area contributed by atoms with Crippen LogP contribution in [0.2, 0.25) is 0 Å². The number of likely N-dealkylation sites (N-methyl/N-ethyl adjacent to an activating group) is 1. The number of carboxylic acids is 1. The molecule has 0 saturated carbocycles. The third kappa shape index (κ3) is 3.98. The van der Waals surface area contributed by atoms with Gasteiger partial charge in [0.15, 0.2) is 0 Å². The number of carbonyl (C=O) groups is 2. The predicted molar refractivity (Wildman–Crippen MR) is 85.0 cm³/mol. The van der Waals surface area contributed by atoms with Gasteiger partial charge < -0.3 is 14.9 Å². The number of benzene rings is 1. The number of carbonyl (C=O) groups excluding carboxylic acids is 1. The van der Waals surface area contributed by atoms with E-state index in [1.807, 2.05) is 23.1 Å². The number of hydrogen-bond acceptors (Lipinski definition) is 4. The Labute approximate surface area is 130 Å². The van der Waals surface area contributed by atoms with Crippen molar-refractivity contribution in [2.24, 2.45) is 0 Å². The molecule has 1 fully saturated rings. The van der Waals surface area contributed by atoms with Crippen LogP contribution in [0.4, 0.5) is 5.69 Å². The van der Waals surface area contributed by atoms with Gasteiger partial charge in [-0.05, 0) is 26.1 Å². The van der Waals surface area contributed by atoms with Crippen molar-refractivity contribution < 1.29 is 14.7 Å². The monoisotopic (exact) mass is 305 g/mol. The van der Waals surface area contributed by atoms with E-state index in [1.54, 1.807) is 18.9 Å². The fraction of sp³-hybridized carbons (Fsp3) is 0.500. The van der Waals surface area contributed by atoms with Crippen LogP contribution in [0.15, 0.2) is 30.3 Å². The number of para-hydroxylation sites is 1. The van der Waals surface area contributed by atoms with Gasteiger partial charge in [-0.2, -0.15) is 0 Å². The molecule has 120 valence electrons. The molecular weight excluding hydrogens is 282 g/mol. The second-order valence-electron chi connectivity index (χ2n) is 5.63. The van der Waals surface area contributed by atoms with Crippen LogP contribution in [0.3, 0.4) is 0 Å². The van der Waals surface area contributed by atoms with Gasteiger partial charge in [-0.3, -0.25) is 14.5 Å². The summed E-state index contributed by atoms with van der Waals surface area (Å²) in [5, 5.41) is 8.81. The molecule has 1 aromatic rings. The minimum absolute atomic E-state index is 0.00328. The highest BCUT2D eigenvalue weighted by Gasteiger charge is 2.27. The number of piperazine rings is 1. The van der Waals surface area contributed by atoms with E-state index >= 15 is 0 Å². The minimum atomic E-state index is -0.920. The van der Waals surface area contributed by atoms with Crippen molar-refractivity contribution in [2.45, 2.75) is 13.0 Å². The number of aliphatic carboxylic acids is 1. The zero-order valence-electron chi connectivity index (χ0n) is 13.1. The maximum Gasteiger partial charge on any atom is 0.317 e. The fourth-order valence-corrected chi connectivity index (χ4v) is 2.63. The quantitative estimate of drug-likeness (QED) is 0.869. The molecule has 22 heavy (non-hydrogen) atoms. The summed E-state index contributed by atoms with van der Waals surface area (Å²) < 4.78 is 0. The lowest BCUT2D eigenvalue weighted by Crippen LogP contribution is -2.54. The van der Waals surface area contributed by atoms with Gasteiger partial charge in [0.2, 0.25) is 5.91 Å². The average molecular weight is 305 g/mol. The van der Waals surface area contributed by atoms with E-state index in [0.717, 1.165) is 13.1 Å². The van der Waals surface area contributed by atoms with Gasteiger partial charge >= 0.3 is 5.97 Å². The Balaban J connectivity index is 1.88. The fourth-order valence-electron chi connectivity index (χ4n) is 2.63. The molecule has 1 unspecified atom stereocenters. The molecular formula is C16H23N3O3. The van der Waals surface area contributed by atoms with E-state index < -0.39 is 12.0 Å². The van der Waals surface area contributed by atoms with Crippen molar-refractivity contribution in [2.75, 3.05) is 44.7 Å². The molecule has 0 bridgehead atoms. The molecule has 1 aromatic carbocycles. The van der Waals surface area contributed by atoms with E-state index in [-0.39, 0.29) is 12.5 Å². The Kier molecular flexibility index (Phi) is 5.38. The molecule has 1 N–H and O–H groups in total. The summed E-state index contributed by atoms with van der Waals surface area (Å²) >= 11 is 0. The minimum Gasteiger partial charge on any atom is -0.480 e. The number of rotatable bonds is 5. The smallest absolute Gasteiger partial charge is 0.317 e. The first-order valence-corrected chi connectivity index (χ1v) is 7.50. The Morgan fingerprint density at radius 2 is 1.77 bits per heavy atom. The van der Waals surface area contributed by atoms with Crippen LogP contribution in [-0.4, -0.2) is 72.6 Å². The third-order valence-electron chi connectivity index (χ3n) is 4.12. The van der Waals surface area contributed by atoms with Crippen LogP contribution in [0.5, 0.6) is 0 Å². The molecule has 0 radical (unpaired) electrons. The molecule has 1 aliphatic rings. The summed E-state index contributed by atoms with van der Waals surface area (Å²) in [4.78, 5) is 28.8. The van der Waals surface area contributed by atoms with E-state index in [0.29, 0.717) is 13.1 Å². The summed E-state index contributed by atoms with van der Waals surface area (Å²) in [6.07, 6.45) is 0. The highest BCUT2D eigenvalue weighted by molar-refractivity contribution is 5.82. The normalized spacial score (nSPS) is 16.7. The maximum atomic E-state index is 12.4. The van der Waals surface area contributed by atoms with Crippen LogP contribution in [-0.2, 0) is 9.59 Å². The lowest BCUT2D eigenvalue weighted by atomic mass is 10.2. The van der Waals surface area contributed by atoms with Crippen molar-refractivity contribution in [3.05, 3.63) is 30.3 Å². The molecule has 2 rings (SSSR count). The highest BCUT2D eigenvalue weighted by Crippen LogP contribution is 2.16. The van der Waals surface area contributed by atoms with Crippen LogP contribution in [0.25, 0.3) is 0 Å². The number of anilines is 1. The number of amides is 1. The van der Waals surface area contributed by atoms with Crippen molar-refractivity contribution in [1.29, 1.82) is 0 Å². The van der Waals surface area contributed by atoms with Gasteiger partial charge in [0, 0.05) is 31.9 Å². The first-order valence-electron chi connectivity index (χ1n) is 7.50. The van der Waals surface area contributed by atoms with E-state index in [1.165, 1.54) is 5.69 Å². The highest BCUT2D eigenvalue weighted by atomic mass is 16.4. The van der Waals surface area contributed by atoms with Gasteiger partial charge in [0.1, 0.15) is 0 Å². The maximum absolute atomic E-state index is 12.4. The van der Waals surface area contributed by atoms with Crippen molar-refractivity contribution in [3.8, 4) is 0 Å². The van der Waals surface area contributed by atoms with Crippen LogP contribution in [0.1, 0.15) is 6.92 Å². The van der Waals surface area contributed by atoms with Crippen LogP contribution >= 0.6 is 0 Å². The summed E-state index contributed by atoms with van der Waals surface area (Å²) in [6, 6.07) is 9.73. The first-order chi connectivity index (χ1) is 10.5. The molecule has 1 aliphatic heterocycles. The standard InChI is InChI=1S/C16H23N3O3/c1-13(17(2)12-15(20)21)16(22)19-10-8-18(9-11-19)14-6-4-3-5-7-14/h3-7,13H,8-12H2,1-2H3,(H,20,21). The van der Waals surface area contributed by atoms with E-state index in [9.17, 15) is 9.59 Å². The van der Waals surface area contributed by atoms with E-state index in [4.69, 9.17) is 5.11 Å². The summed E-state index contributed by atoms with van der Waals surface area (Å²) in [5.41, 5.74) is 1.17. The molecule has 1 heterocycles. The lowest BCUT2D eigenvalue weighted by molar-refractivity contribution is -0.141.